The predicted octanol–water partition coefficient (Wildman–Crippen LogP) is 5.88. The first kappa shape index (κ1) is 46.2. The summed E-state index contributed by atoms with van der Waals surface area (Å²) in [6.07, 6.45) is 8.66. The molecular weight excluding hydrogens is 765 g/mol. The highest BCUT2D eigenvalue weighted by Crippen LogP contribution is 2.36. The number of benzene rings is 3. The fourth-order valence-electron chi connectivity index (χ4n) is 6.18. The van der Waals surface area contributed by atoms with Crippen molar-refractivity contribution in [2.45, 2.75) is 84.0 Å². The summed E-state index contributed by atoms with van der Waals surface area (Å²) in [7, 11) is 0. The number of guanidine groups is 1. The summed E-state index contributed by atoms with van der Waals surface area (Å²) in [5.74, 6) is 1.91. The lowest BCUT2D eigenvalue weighted by Crippen LogP contribution is -2.42. The monoisotopic (exact) mass is 821 g/mol. The molecule has 0 unspecified atom stereocenters. The van der Waals surface area contributed by atoms with Gasteiger partial charge in [-0.2, -0.15) is 0 Å². The Balaban J connectivity index is 0.00000435. The van der Waals surface area contributed by atoms with Crippen LogP contribution in [-0.4, -0.2) is 67.6 Å². The van der Waals surface area contributed by atoms with Crippen LogP contribution in [0.1, 0.15) is 75.4 Å². The van der Waals surface area contributed by atoms with Crippen LogP contribution in [0, 0.1) is 5.92 Å². The van der Waals surface area contributed by atoms with Gasteiger partial charge < -0.3 is 32.0 Å². The lowest BCUT2D eigenvalue weighted by atomic mass is 10.0. The maximum Gasteiger partial charge on any atom is 0.245 e. The van der Waals surface area contributed by atoms with Gasteiger partial charge in [0.2, 0.25) is 5.91 Å². The van der Waals surface area contributed by atoms with Gasteiger partial charge in [0.25, 0.3) is 0 Å². The van der Waals surface area contributed by atoms with Crippen LogP contribution in [0.2, 0.25) is 0 Å². The van der Waals surface area contributed by atoms with Crippen LogP contribution in [0.3, 0.4) is 0 Å². The number of amides is 1. The number of para-hydroxylation sites is 2. The Morgan fingerprint density at radius 1 is 0.789 bits per heavy atom. The van der Waals surface area contributed by atoms with Crippen molar-refractivity contribution in [1.82, 2.24) is 35.3 Å². The number of nitrogens with one attached hydrogen (secondary N) is 1. The molecule has 7 N–H and O–H groups in total. The molecule has 0 aliphatic heterocycles. The highest BCUT2D eigenvalue weighted by molar-refractivity contribution is 5.85. The SMILES string of the molecule is CC(C)CCOc1ccccc1-c1ccccc1OCc1cn([C@H](CCCCN)C(=O)N[C@H](CCCN=C(N)N)Cn2cc(Cc3ccccc3)nn2)nn1.Cl.Cl. The van der Waals surface area contributed by atoms with Crippen LogP contribution in [0.4, 0.5) is 0 Å². The summed E-state index contributed by atoms with van der Waals surface area (Å²) in [6, 6.07) is 25.1. The van der Waals surface area contributed by atoms with Crippen molar-refractivity contribution in [3.63, 3.8) is 0 Å². The summed E-state index contributed by atoms with van der Waals surface area (Å²) in [6.45, 7) is 6.56. The Morgan fingerprint density at radius 2 is 1.46 bits per heavy atom. The highest BCUT2D eigenvalue weighted by Gasteiger charge is 2.25. The van der Waals surface area contributed by atoms with Crippen LogP contribution in [0.15, 0.2) is 96.2 Å². The largest absolute Gasteiger partial charge is 0.493 e. The molecule has 2 atom stereocenters. The molecule has 308 valence electrons. The average molecular weight is 823 g/mol. The third-order valence-corrected chi connectivity index (χ3v) is 9.08. The van der Waals surface area contributed by atoms with Gasteiger partial charge in [0.1, 0.15) is 29.8 Å². The van der Waals surface area contributed by atoms with Crippen molar-refractivity contribution in [3.05, 3.63) is 108 Å². The summed E-state index contributed by atoms with van der Waals surface area (Å²) >= 11 is 0. The number of ether oxygens (including phenoxy) is 2. The van der Waals surface area contributed by atoms with Crippen LogP contribution in [0.25, 0.3) is 11.1 Å². The van der Waals surface area contributed by atoms with Crippen LogP contribution in [-0.2, 0) is 24.4 Å². The molecule has 57 heavy (non-hydrogen) atoms. The van der Waals surface area contributed by atoms with E-state index in [1.165, 1.54) is 0 Å². The van der Waals surface area contributed by atoms with Crippen molar-refractivity contribution in [1.29, 1.82) is 0 Å². The van der Waals surface area contributed by atoms with Gasteiger partial charge in [-0.15, -0.1) is 35.0 Å². The van der Waals surface area contributed by atoms with Crippen molar-refractivity contribution in [3.8, 4) is 22.6 Å². The van der Waals surface area contributed by atoms with E-state index in [9.17, 15) is 4.79 Å². The van der Waals surface area contributed by atoms with Gasteiger partial charge in [-0.1, -0.05) is 91.0 Å². The molecule has 0 radical (unpaired) electrons. The second kappa shape index (κ2) is 24.5. The molecule has 0 aliphatic carbocycles. The van der Waals surface area contributed by atoms with Crippen LogP contribution >= 0.6 is 24.8 Å². The number of halogens is 2. The Kier molecular flexibility index (Phi) is 19.8. The van der Waals surface area contributed by atoms with Crippen molar-refractivity contribution in [2.75, 3.05) is 19.7 Å². The van der Waals surface area contributed by atoms with Crippen LogP contribution < -0.4 is 32.0 Å². The second-order valence-corrected chi connectivity index (χ2v) is 14.1. The topological polar surface area (TPSA) is 199 Å². The van der Waals surface area contributed by atoms with E-state index >= 15 is 0 Å². The minimum absolute atomic E-state index is 0. The van der Waals surface area contributed by atoms with E-state index in [2.05, 4.69) is 56.9 Å². The zero-order valence-electron chi connectivity index (χ0n) is 32.8. The molecule has 5 rings (SSSR count). The number of carbonyl (C=O) groups is 1. The minimum atomic E-state index is -0.612. The third kappa shape index (κ3) is 15.0. The molecule has 5 aromatic rings. The van der Waals surface area contributed by atoms with Gasteiger partial charge >= 0.3 is 0 Å². The molecule has 0 fully saturated rings. The van der Waals surface area contributed by atoms with E-state index in [-0.39, 0.29) is 49.3 Å². The highest BCUT2D eigenvalue weighted by atomic mass is 35.5. The van der Waals surface area contributed by atoms with Crippen molar-refractivity contribution < 1.29 is 14.3 Å². The quantitative estimate of drug-likeness (QED) is 0.0350. The van der Waals surface area contributed by atoms with Gasteiger partial charge in [0.05, 0.1) is 25.0 Å². The van der Waals surface area contributed by atoms with E-state index in [1.807, 2.05) is 72.9 Å². The molecule has 3 aromatic carbocycles. The molecule has 2 aromatic heterocycles. The number of hydrogen-bond acceptors (Lipinski definition) is 9. The Bertz CT molecular complexity index is 1930. The van der Waals surface area contributed by atoms with Gasteiger partial charge in [-0.3, -0.25) is 14.5 Å². The number of aliphatic imine (C=N–C) groups is 1. The van der Waals surface area contributed by atoms with Gasteiger partial charge in [0.15, 0.2) is 5.96 Å². The lowest BCUT2D eigenvalue weighted by Gasteiger charge is -2.23. The zero-order valence-corrected chi connectivity index (χ0v) is 34.4. The lowest BCUT2D eigenvalue weighted by molar-refractivity contribution is -0.125. The molecule has 0 saturated carbocycles. The number of hydrogen-bond donors (Lipinski definition) is 4. The number of rotatable bonds is 23. The van der Waals surface area contributed by atoms with Gasteiger partial charge in [-0.25, -0.2) is 4.68 Å². The predicted molar refractivity (Wildman–Crippen MR) is 229 cm³/mol. The minimum Gasteiger partial charge on any atom is -0.493 e. The van der Waals surface area contributed by atoms with E-state index in [4.69, 9.17) is 26.7 Å². The summed E-state index contributed by atoms with van der Waals surface area (Å²) in [4.78, 5) is 18.2. The molecule has 0 bridgehead atoms. The van der Waals surface area contributed by atoms with E-state index < -0.39 is 6.04 Å². The van der Waals surface area contributed by atoms with Crippen LogP contribution in [0.5, 0.6) is 11.5 Å². The number of nitrogens with zero attached hydrogens (tertiary/aromatic N) is 7. The smallest absolute Gasteiger partial charge is 0.245 e. The van der Waals surface area contributed by atoms with Gasteiger partial charge in [-0.05, 0) is 68.7 Å². The summed E-state index contributed by atoms with van der Waals surface area (Å²) < 4.78 is 15.9. The molecule has 0 spiro atoms. The first-order valence-corrected chi connectivity index (χ1v) is 19.1. The first-order chi connectivity index (χ1) is 26.8. The Labute approximate surface area is 347 Å². The molecule has 0 saturated heterocycles. The normalized spacial score (nSPS) is 11.9. The van der Waals surface area contributed by atoms with E-state index in [0.717, 1.165) is 47.4 Å². The maximum absolute atomic E-state index is 14.1. The fraction of sp³-hybridized carbons (Fsp3) is 0.415. The molecule has 14 nitrogen and oxygen atoms in total. The molecular formula is C41H57Cl2N11O3. The standard InChI is InChI=1S/C41H55N11O3.2ClH/c1-30(2)21-24-54-38-19-8-6-16-35(38)36-17-7-9-20-39(36)55-29-34-28-52(50-48-34)37(18-10-11-22-42)40(53)46-32(15-12-23-45-41(43)44)26-51-27-33(47-49-51)25-31-13-4-3-5-14-31;;/h3-9,13-14,16-17,19-20,27-28,30,32,37H,10-12,15,18,21-26,29,42H2,1-2H3,(H,46,53)(H4,43,44,45);2*1H/t32-,37-;;/m1../s1. The number of nitrogens with two attached hydrogens (primary N) is 3. The summed E-state index contributed by atoms with van der Waals surface area (Å²) in [5, 5.41) is 20.8. The zero-order chi connectivity index (χ0) is 38.8. The van der Waals surface area contributed by atoms with Crippen molar-refractivity contribution in [2.24, 2.45) is 28.1 Å². The summed E-state index contributed by atoms with van der Waals surface area (Å²) in [5.41, 5.74) is 21.4. The molecule has 2 heterocycles. The molecule has 0 aliphatic rings. The fourth-order valence-corrected chi connectivity index (χ4v) is 6.18. The average Bonchev–Trinajstić information content (AvgIpc) is 3.84. The number of carbonyl (C=O) groups excluding carboxylic acids is 1. The second-order valence-electron chi connectivity index (χ2n) is 14.1. The van der Waals surface area contributed by atoms with E-state index in [0.29, 0.717) is 69.3 Å². The molecule has 1 amide bonds. The third-order valence-electron chi connectivity index (χ3n) is 9.08. The van der Waals surface area contributed by atoms with Crippen molar-refractivity contribution >= 4 is 36.7 Å². The molecule has 16 heteroatoms. The number of unbranched alkanes of at least 4 members (excludes halogenated alkanes) is 1. The maximum atomic E-state index is 14.1. The Morgan fingerprint density at radius 3 is 2.14 bits per heavy atom. The van der Waals surface area contributed by atoms with E-state index in [1.54, 1.807) is 15.6 Å². The first-order valence-electron chi connectivity index (χ1n) is 19.1. The number of aromatic nitrogens is 6. The Hall–Kier alpha value is -5.18. The van der Waals surface area contributed by atoms with Gasteiger partial charge in [0, 0.05) is 36.3 Å².